The maximum absolute atomic E-state index is 11.5. The molecule has 1 aromatic carbocycles. The first-order valence-electron chi connectivity index (χ1n) is 6.06. The fraction of sp³-hybridized carbons (Fsp3) is 0.385. The number of hydrogen-bond donors (Lipinski definition) is 3. The Kier molecular flexibility index (Phi) is 8.35. The van der Waals surface area contributed by atoms with E-state index in [1.54, 1.807) is 18.2 Å². The molecule has 0 heterocycles. The number of rotatable bonds is 5. The number of phenols is 1. The summed E-state index contributed by atoms with van der Waals surface area (Å²) in [5, 5.41) is 12.0. The van der Waals surface area contributed by atoms with E-state index < -0.39 is 18.1 Å². The topological polar surface area (TPSA) is 102 Å². The van der Waals surface area contributed by atoms with Gasteiger partial charge in [0.1, 0.15) is 11.8 Å². The number of carbonyl (C=O) groups is 2. The first-order chi connectivity index (χ1) is 9.04. The van der Waals surface area contributed by atoms with E-state index in [2.05, 4.69) is 10.1 Å². The second-order valence-corrected chi connectivity index (χ2v) is 4.07. The number of hydrogen-bond acceptors (Lipinski definition) is 5. The van der Waals surface area contributed by atoms with E-state index in [4.69, 9.17) is 5.73 Å². The lowest BCUT2D eigenvalue weighted by molar-refractivity contribution is -0.138. The predicted molar refractivity (Wildman–Crippen MR) is 76.8 cm³/mol. The number of benzene rings is 1. The van der Waals surface area contributed by atoms with Crippen molar-refractivity contribution in [2.45, 2.75) is 25.8 Å². The summed E-state index contributed by atoms with van der Waals surface area (Å²) in [6.07, 6.45) is 0.0411. The third-order valence-corrected chi connectivity index (χ3v) is 2.45. The minimum atomic E-state index is -0.999. The van der Waals surface area contributed by atoms with Gasteiger partial charge in [0, 0.05) is 13.0 Å². The zero-order valence-corrected chi connectivity index (χ0v) is 12.0. The van der Waals surface area contributed by atoms with E-state index in [1.165, 1.54) is 6.07 Å². The van der Waals surface area contributed by atoms with E-state index in [9.17, 15) is 14.7 Å². The molecule has 0 spiro atoms. The Bertz CT molecular complexity index is 454. The zero-order chi connectivity index (χ0) is 14.3. The number of amides is 1. The van der Waals surface area contributed by atoms with Crippen LogP contribution in [0, 0.1) is 0 Å². The highest BCUT2D eigenvalue weighted by molar-refractivity contribution is 5.87. The van der Waals surface area contributed by atoms with Crippen LogP contribution >= 0.6 is 12.4 Å². The van der Waals surface area contributed by atoms with Crippen LogP contribution in [0.15, 0.2) is 24.3 Å². The molecule has 0 saturated heterocycles. The molecule has 1 amide bonds. The van der Waals surface area contributed by atoms with Crippen LogP contribution in [0.4, 0.5) is 4.79 Å². The molecule has 4 N–H and O–H groups in total. The van der Waals surface area contributed by atoms with Crippen molar-refractivity contribution in [3.63, 3.8) is 0 Å². The van der Waals surface area contributed by atoms with Gasteiger partial charge in [0.2, 0.25) is 0 Å². The number of esters is 1. The average molecular weight is 303 g/mol. The van der Waals surface area contributed by atoms with E-state index in [-0.39, 0.29) is 24.6 Å². The van der Waals surface area contributed by atoms with Gasteiger partial charge in [-0.1, -0.05) is 25.1 Å². The lowest BCUT2D eigenvalue weighted by Gasteiger charge is -2.11. The summed E-state index contributed by atoms with van der Waals surface area (Å²) in [6.45, 7) is 2.31. The minimum absolute atomic E-state index is 0. The Morgan fingerprint density at radius 1 is 1.40 bits per heavy atom. The summed E-state index contributed by atoms with van der Waals surface area (Å²) >= 11 is 0. The maximum atomic E-state index is 11.5. The average Bonchev–Trinajstić information content (AvgIpc) is 2.38. The number of carbonyl (C=O) groups excluding carboxylic acids is 2. The Labute approximate surface area is 123 Å². The molecule has 0 aliphatic carbocycles. The predicted octanol–water partition coefficient (Wildman–Crippen LogP) is 1.35. The number of nitrogens with two attached hydrogens (primary N) is 1. The van der Waals surface area contributed by atoms with Gasteiger partial charge in [0.15, 0.2) is 0 Å². The van der Waals surface area contributed by atoms with Gasteiger partial charge in [-0.15, -0.1) is 12.4 Å². The molecule has 1 rings (SSSR count). The zero-order valence-electron chi connectivity index (χ0n) is 11.2. The third-order valence-electron chi connectivity index (χ3n) is 2.45. The Balaban J connectivity index is 0.00000361. The molecule has 6 nitrogen and oxygen atoms in total. The first kappa shape index (κ1) is 18.2. The van der Waals surface area contributed by atoms with Crippen molar-refractivity contribution in [3.05, 3.63) is 29.8 Å². The second-order valence-electron chi connectivity index (χ2n) is 4.07. The largest absolute Gasteiger partial charge is 0.508 e. The van der Waals surface area contributed by atoms with Crippen LogP contribution in [0.5, 0.6) is 5.75 Å². The van der Waals surface area contributed by atoms with Crippen LogP contribution in [-0.2, 0) is 16.0 Å². The molecule has 0 saturated carbocycles. The van der Waals surface area contributed by atoms with Gasteiger partial charge >= 0.3 is 12.1 Å². The summed E-state index contributed by atoms with van der Waals surface area (Å²) in [6, 6.07) is 5.55. The molecule has 20 heavy (non-hydrogen) atoms. The minimum Gasteiger partial charge on any atom is -0.508 e. The Hall–Kier alpha value is -1.79. The molecule has 0 aliphatic rings. The van der Waals surface area contributed by atoms with Crippen molar-refractivity contribution in [2.24, 2.45) is 5.73 Å². The molecule has 112 valence electrons. The molecular formula is C13H19ClN2O4. The van der Waals surface area contributed by atoms with Gasteiger partial charge < -0.3 is 20.9 Å². The van der Waals surface area contributed by atoms with Crippen LogP contribution in [0.2, 0.25) is 0 Å². The van der Waals surface area contributed by atoms with Crippen molar-refractivity contribution in [1.29, 1.82) is 0 Å². The van der Waals surface area contributed by atoms with Crippen LogP contribution in [0.3, 0.4) is 0 Å². The SMILES string of the molecule is CCCNC(=O)OC(=O)C(N)Cc1ccccc1O.Cl. The van der Waals surface area contributed by atoms with E-state index >= 15 is 0 Å². The number of ether oxygens (including phenoxy) is 1. The van der Waals surface area contributed by atoms with E-state index in [1.807, 2.05) is 6.92 Å². The normalized spacial score (nSPS) is 11.1. The van der Waals surface area contributed by atoms with Crippen molar-refractivity contribution < 1.29 is 19.4 Å². The van der Waals surface area contributed by atoms with Crippen LogP contribution in [0.25, 0.3) is 0 Å². The monoisotopic (exact) mass is 302 g/mol. The molecule has 7 heteroatoms. The van der Waals surface area contributed by atoms with Crippen LogP contribution < -0.4 is 11.1 Å². The molecule has 1 aromatic rings. The van der Waals surface area contributed by atoms with Crippen molar-refractivity contribution in [2.75, 3.05) is 6.54 Å². The summed E-state index contributed by atoms with van der Waals surface area (Å²) in [7, 11) is 0. The van der Waals surface area contributed by atoms with Gasteiger partial charge in [-0.05, 0) is 18.1 Å². The molecule has 1 unspecified atom stereocenters. The maximum Gasteiger partial charge on any atom is 0.414 e. The smallest absolute Gasteiger partial charge is 0.414 e. The molecule has 0 fully saturated rings. The Morgan fingerprint density at radius 3 is 2.65 bits per heavy atom. The fourth-order valence-electron chi connectivity index (χ4n) is 1.43. The molecule has 0 radical (unpaired) electrons. The number of halogens is 1. The van der Waals surface area contributed by atoms with Crippen LogP contribution in [-0.4, -0.2) is 29.8 Å². The summed E-state index contributed by atoms with van der Waals surface area (Å²) in [4.78, 5) is 22.7. The van der Waals surface area contributed by atoms with E-state index in [0.29, 0.717) is 12.1 Å². The third kappa shape index (κ3) is 5.90. The lowest BCUT2D eigenvalue weighted by atomic mass is 10.1. The number of phenolic OH excluding ortho intramolecular Hbond substituents is 1. The second kappa shape index (κ2) is 9.17. The van der Waals surface area contributed by atoms with E-state index in [0.717, 1.165) is 6.42 Å². The highest BCUT2D eigenvalue weighted by Gasteiger charge is 2.20. The molecule has 1 atom stereocenters. The van der Waals surface area contributed by atoms with Gasteiger partial charge in [-0.2, -0.15) is 0 Å². The number of aromatic hydroxyl groups is 1. The fourth-order valence-corrected chi connectivity index (χ4v) is 1.43. The van der Waals surface area contributed by atoms with Crippen LogP contribution in [0.1, 0.15) is 18.9 Å². The van der Waals surface area contributed by atoms with Crippen molar-refractivity contribution in [3.8, 4) is 5.75 Å². The quantitative estimate of drug-likeness (QED) is 0.563. The summed E-state index contributed by atoms with van der Waals surface area (Å²) in [5.41, 5.74) is 6.16. The number of alkyl carbamates (subject to hydrolysis) is 1. The molecule has 0 aromatic heterocycles. The first-order valence-corrected chi connectivity index (χ1v) is 6.06. The number of para-hydroxylation sites is 1. The van der Waals surface area contributed by atoms with Crippen molar-refractivity contribution >= 4 is 24.5 Å². The number of nitrogens with one attached hydrogen (secondary N) is 1. The summed E-state index contributed by atoms with van der Waals surface area (Å²) < 4.78 is 4.53. The van der Waals surface area contributed by atoms with Gasteiger partial charge in [-0.3, -0.25) is 0 Å². The lowest BCUT2D eigenvalue weighted by Crippen LogP contribution is -2.38. The van der Waals surface area contributed by atoms with Gasteiger partial charge in [0.05, 0.1) is 0 Å². The standard InChI is InChI=1S/C13H18N2O4.ClH/c1-2-7-15-13(18)19-12(17)10(14)8-9-5-3-4-6-11(9)16;/h3-6,10,16H,2,7-8,14H2,1H3,(H,15,18);1H. The molecule has 0 bridgehead atoms. The highest BCUT2D eigenvalue weighted by Crippen LogP contribution is 2.17. The van der Waals surface area contributed by atoms with Crippen molar-refractivity contribution in [1.82, 2.24) is 5.32 Å². The molecule has 0 aliphatic heterocycles. The summed E-state index contributed by atoms with van der Waals surface area (Å²) in [5.74, 6) is -0.766. The Morgan fingerprint density at radius 2 is 2.05 bits per heavy atom. The van der Waals surface area contributed by atoms with Gasteiger partial charge in [0.25, 0.3) is 0 Å². The van der Waals surface area contributed by atoms with Gasteiger partial charge in [-0.25, -0.2) is 9.59 Å². The highest BCUT2D eigenvalue weighted by atomic mass is 35.5. The molecular weight excluding hydrogens is 284 g/mol.